The van der Waals surface area contributed by atoms with Gasteiger partial charge in [0.2, 0.25) is 0 Å². The molecule has 0 aliphatic rings. The Labute approximate surface area is 113 Å². The summed E-state index contributed by atoms with van der Waals surface area (Å²) in [6, 6.07) is 3.94. The third-order valence-electron chi connectivity index (χ3n) is 2.21. The second kappa shape index (κ2) is 6.14. The van der Waals surface area contributed by atoms with Gasteiger partial charge in [0.05, 0.1) is 12.3 Å². The third kappa shape index (κ3) is 4.61. The van der Waals surface area contributed by atoms with E-state index in [1.807, 2.05) is 52.1 Å². The fourth-order valence-corrected chi connectivity index (χ4v) is 2.29. The van der Waals surface area contributed by atoms with Gasteiger partial charge in [0.25, 0.3) is 0 Å². The molecule has 0 saturated carbocycles. The number of hydrogen-bond acceptors (Lipinski definition) is 3. The van der Waals surface area contributed by atoms with Crippen LogP contribution in [0.15, 0.2) is 22.5 Å². The maximum atomic E-state index is 11.7. The highest BCUT2D eigenvalue weighted by Crippen LogP contribution is 2.25. The largest absolute Gasteiger partial charge is 0.448 e. The molecule has 0 spiro atoms. The molecule has 0 aromatic carbocycles. The minimum atomic E-state index is -0.498. The first-order valence-electron chi connectivity index (χ1n) is 6.10. The summed E-state index contributed by atoms with van der Waals surface area (Å²) in [6.45, 7) is 10.5. The van der Waals surface area contributed by atoms with Crippen molar-refractivity contribution in [2.45, 2.75) is 34.6 Å². The molecular weight excluding hydrogens is 246 g/mol. The molecule has 0 bridgehead atoms. The zero-order chi connectivity index (χ0) is 13.8. The molecule has 100 valence electrons. The number of ether oxygens (including phenoxy) is 1. The van der Waals surface area contributed by atoms with E-state index in [2.05, 4.69) is 4.99 Å². The van der Waals surface area contributed by atoms with E-state index in [1.54, 1.807) is 11.3 Å². The van der Waals surface area contributed by atoms with E-state index in [0.717, 1.165) is 10.6 Å². The second-order valence-electron chi connectivity index (χ2n) is 5.66. The van der Waals surface area contributed by atoms with E-state index in [0.29, 0.717) is 12.5 Å². The Hall–Kier alpha value is -1.16. The van der Waals surface area contributed by atoms with Gasteiger partial charge in [-0.1, -0.05) is 40.7 Å². The summed E-state index contributed by atoms with van der Waals surface area (Å²) >= 11 is 1.59. The monoisotopic (exact) mass is 267 g/mol. The lowest BCUT2D eigenvalue weighted by molar-refractivity contribution is 0.143. The lowest BCUT2D eigenvalue weighted by atomic mass is 9.89. The number of carbonyl (C=O) groups excluding carboxylic acids is 1. The first kappa shape index (κ1) is 14.9. The maximum Gasteiger partial charge on any atom is 0.433 e. The molecule has 0 N–H and O–H groups in total. The van der Waals surface area contributed by atoms with Crippen LogP contribution >= 0.6 is 11.3 Å². The molecule has 1 aromatic heterocycles. The van der Waals surface area contributed by atoms with Crippen molar-refractivity contribution in [3.8, 4) is 0 Å². The van der Waals surface area contributed by atoms with Crippen LogP contribution in [0, 0.1) is 11.3 Å². The Balaban J connectivity index is 2.88. The van der Waals surface area contributed by atoms with Crippen molar-refractivity contribution in [2.24, 2.45) is 16.3 Å². The molecule has 0 saturated heterocycles. The molecule has 4 heteroatoms. The molecule has 0 aliphatic heterocycles. The van der Waals surface area contributed by atoms with E-state index in [4.69, 9.17) is 4.74 Å². The highest BCUT2D eigenvalue weighted by molar-refractivity contribution is 7.12. The highest BCUT2D eigenvalue weighted by atomic mass is 32.1. The third-order valence-corrected chi connectivity index (χ3v) is 3.08. The lowest BCUT2D eigenvalue weighted by Gasteiger charge is -2.20. The van der Waals surface area contributed by atoms with Crippen molar-refractivity contribution >= 4 is 23.1 Å². The molecule has 3 nitrogen and oxygen atoms in total. The van der Waals surface area contributed by atoms with Crippen molar-refractivity contribution in [1.82, 2.24) is 0 Å². The molecule has 0 aliphatic carbocycles. The lowest BCUT2D eigenvalue weighted by Crippen LogP contribution is -2.22. The van der Waals surface area contributed by atoms with Crippen LogP contribution in [0.3, 0.4) is 0 Å². The number of thiophene rings is 1. The average molecular weight is 267 g/mol. The molecule has 0 radical (unpaired) electrons. The molecule has 0 fully saturated rings. The van der Waals surface area contributed by atoms with Crippen molar-refractivity contribution in [2.75, 3.05) is 6.61 Å². The number of nitrogens with zero attached hydrogens (tertiary/aromatic N) is 1. The van der Waals surface area contributed by atoms with E-state index in [9.17, 15) is 4.79 Å². The fourth-order valence-electron chi connectivity index (χ4n) is 1.37. The quantitative estimate of drug-likeness (QED) is 0.762. The fraction of sp³-hybridized carbons (Fsp3) is 0.571. The first-order chi connectivity index (χ1) is 8.30. The van der Waals surface area contributed by atoms with Crippen LogP contribution < -0.4 is 0 Å². The first-order valence-corrected chi connectivity index (χ1v) is 6.98. The smallest absolute Gasteiger partial charge is 0.433 e. The molecule has 1 heterocycles. The van der Waals surface area contributed by atoms with Gasteiger partial charge in [0.1, 0.15) is 0 Å². The van der Waals surface area contributed by atoms with Gasteiger partial charge in [0, 0.05) is 10.3 Å². The summed E-state index contributed by atoms with van der Waals surface area (Å²) in [6.07, 6.45) is -0.498. The van der Waals surface area contributed by atoms with E-state index >= 15 is 0 Å². The van der Waals surface area contributed by atoms with Crippen molar-refractivity contribution < 1.29 is 9.53 Å². The molecular formula is C14H21NO2S. The van der Waals surface area contributed by atoms with Gasteiger partial charge in [-0.15, -0.1) is 11.3 Å². The topological polar surface area (TPSA) is 38.7 Å². The number of amides is 1. The molecule has 18 heavy (non-hydrogen) atoms. The summed E-state index contributed by atoms with van der Waals surface area (Å²) in [5, 5.41) is 1.98. The van der Waals surface area contributed by atoms with Crippen molar-refractivity contribution in [3.05, 3.63) is 22.4 Å². The van der Waals surface area contributed by atoms with Crippen LogP contribution in [0.5, 0.6) is 0 Å². The van der Waals surface area contributed by atoms with Crippen LogP contribution in [0.1, 0.15) is 39.5 Å². The van der Waals surface area contributed by atoms with Gasteiger partial charge in [0.15, 0.2) is 0 Å². The Bertz CT molecular complexity index is 414. The highest BCUT2D eigenvalue weighted by Gasteiger charge is 2.23. The van der Waals surface area contributed by atoms with E-state index in [-0.39, 0.29) is 5.41 Å². The van der Waals surface area contributed by atoms with E-state index in [1.165, 1.54) is 0 Å². The van der Waals surface area contributed by atoms with Gasteiger partial charge in [-0.05, 0) is 17.4 Å². The minimum absolute atomic E-state index is 0.179. The second-order valence-corrected chi connectivity index (χ2v) is 6.61. The summed E-state index contributed by atoms with van der Waals surface area (Å²) in [5.74, 6) is 0.323. The predicted molar refractivity (Wildman–Crippen MR) is 76.5 cm³/mol. The van der Waals surface area contributed by atoms with Crippen molar-refractivity contribution in [1.29, 1.82) is 0 Å². The molecule has 1 aromatic rings. The molecule has 0 atom stereocenters. The van der Waals surface area contributed by atoms with Crippen LogP contribution in [0.4, 0.5) is 4.79 Å². The molecule has 0 unspecified atom stereocenters. The zero-order valence-electron chi connectivity index (χ0n) is 11.7. The van der Waals surface area contributed by atoms with E-state index < -0.39 is 6.09 Å². The van der Waals surface area contributed by atoms with Crippen molar-refractivity contribution in [3.63, 3.8) is 0 Å². The summed E-state index contributed by atoms with van der Waals surface area (Å²) < 4.78 is 5.11. The predicted octanol–water partition coefficient (Wildman–Crippen LogP) is 4.38. The van der Waals surface area contributed by atoms with Crippen LogP contribution in [0.25, 0.3) is 0 Å². The summed E-state index contributed by atoms with van der Waals surface area (Å²) in [7, 11) is 0. The number of rotatable bonds is 3. The van der Waals surface area contributed by atoms with Gasteiger partial charge in [-0.25, -0.2) is 4.79 Å². The SMILES string of the molecule is CC(C)COC(=O)/N=C(\c1cccs1)C(C)(C)C. The summed E-state index contributed by atoms with van der Waals surface area (Å²) in [5.41, 5.74) is 0.605. The van der Waals surface area contributed by atoms with Gasteiger partial charge in [-0.2, -0.15) is 4.99 Å². The minimum Gasteiger partial charge on any atom is -0.448 e. The maximum absolute atomic E-state index is 11.7. The Kier molecular flexibility index (Phi) is 5.08. The van der Waals surface area contributed by atoms with Gasteiger partial charge >= 0.3 is 6.09 Å². The normalized spacial score (nSPS) is 12.9. The number of carbonyl (C=O) groups is 1. The van der Waals surface area contributed by atoms with Crippen LogP contribution in [-0.4, -0.2) is 18.4 Å². The zero-order valence-corrected chi connectivity index (χ0v) is 12.5. The standard InChI is InChI=1S/C14H21NO2S/c1-10(2)9-17-13(16)15-12(14(3,4)5)11-7-6-8-18-11/h6-8,10H,9H2,1-5H3/b15-12+. The van der Waals surface area contributed by atoms with Gasteiger partial charge in [-0.3, -0.25) is 0 Å². The summed E-state index contributed by atoms with van der Waals surface area (Å²) in [4.78, 5) is 16.8. The van der Waals surface area contributed by atoms with Gasteiger partial charge < -0.3 is 4.74 Å². The Morgan fingerprint density at radius 1 is 1.44 bits per heavy atom. The Morgan fingerprint density at radius 2 is 2.11 bits per heavy atom. The number of hydrogen-bond donors (Lipinski definition) is 0. The van der Waals surface area contributed by atoms with Crippen LogP contribution in [0.2, 0.25) is 0 Å². The van der Waals surface area contributed by atoms with Crippen LogP contribution in [-0.2, 0) is 4.74 Å². The molecule has 1 amide bonds. The Morgan fingerprint density at radius 3 is 2.56 bits per heavy atom. The molecule has 1 rings (SSSR count). The number of aliphatic imine (C=N–C) groups is 1. The average Bonchev–Trinajstić information content (AvgIpc) is 2.74.